The summed E-state index contributed by atoms with van der Waals surface area (Å²) in [6, 6.07) is 46.1. The summed E-state index contributed by atoms with van der Waals surface area (Å²) in [5.74, 6) is 3.60. The number of halogens is 2. The molecule has 0 heterocycles. The van der Waals surface area contributed by atoms with Crippen molar-refractivity contribution in [3.63, 3.8) is 0 Å². The second-order valence-electron chi connectivity index (χ2n) is 11.2. The molecule has 0 aliphatic rings. The third-order valence-corrected chi connectivity index (χ3v) is 9.09. The Balaban J connectivity index is 1.20. The zero-order valence-electron chi connectivity index (χ0n) is 26.9. The molecular formula is C43H34Br2O4. The van der Waals surface area contributed by atoms with Crippen LogP contribution in [0.2, 0.25) is 0 Å². The minimum Gasteiger partial charge on any atom is -0.497 e. The highest BCUT2D eigenvalue weighted by Crippen LogP contribution is 2.35. The average molecular weight is 775 g/mol. The summed E-state index contributed by atoms with van der Waals surface area (Å²) in [6.07, 6.45) is 8.23. The van der Waals surface area contributed by atoms with Gasteiger partial charge in [0.05, 0.1) is 7.11 Å². The van der Waals surface area contributed by atoms with Gasteiger partial charge in [-0.3, -0.25) is 0 Å². The number of hydrogen-bond acceptors (Lipinski definition) is 4. The van der Waals surface area contributed by atoms with E-state index in [4.69, 9.17) is 18.9 Å². The molecule has 6 aromatic carbocycles. The highest BCUT2D eigenvalue weighted by molar-refractivity contribution is 9.10. The Labute approximate surface area is 304 Å². The summed E-state index contributed by atoms with van der Waals surface area (Å²) in [5.41, 5.74) is 6.24. The molecule has 4 nitrogen and oxygen atoms in total. The molecule has 0 amide bonds. The Hall–Kier alpha value is -5.04. The fraction of sp³-hybridized carbons (Fsp3) is 0.0698. The minimum atomic E-state index is 0.429. The normalized spacial score (nSPS) is 11.2. The van der Waals surface area contributed by atoms with E-state index in [1.807, 2.05) is 127 Å². The van der Waals surface area contributed by atoms with Crippen LogP contribution >= 0.6 is 31.9 Å². The van der Waals surface area contributed by atoms with Gasteiger partial charge in [-0.2, -0.15) is 0 Å². The molecule has 0 aromatic heterocycles. The zero-order chi connectivity index (χ0) is 33.8. The van der Waals surface area contributed by atoms with E-state index in [9.17, 15) is 0 Å². The number of ether oxygens (including phenoxy) is 4. The van der Waals surface area contributed by atoms with Gasteiger partial charge >= 0.3 is 0 Å². The van der Waals surface area contributed by atoms with Gasteiger partial charge in [0.1, 0.15) is 30.5 Å². The number of benzene rings is 6. The lowest BCUT2D eigenvalue weighted by atomic mass is 10.1. The molecule has 49 heavy (non-hydrogen) atoms. The lowest BCUT2D eigenvalue weighted by molar-refractivity contribution is 0.291. The molecule has 0 saturated carbocycles. The first-order chi connectivity index (χ1) is 24.0. The van der Waals surface area contributed by atoms with E-state index < -0.39 is 0 Å². The van der Waals surface area contributed by atoms with Crippen LogP contribution in [0.5, 0.6) is 28.7 Å². The first kappa shape index (κ1) is 33.8. The molecule has 6 heteroatoms. The van der Waals surface area contributed by atoms with Gasteiger partial charge in [-0.15, -0.1) is 0 Å². The second kappa shape index (κ2) is 16.9. The topological polar surface area (TPSA) is 36.9 Å². The fourth-order valence-corrected chi connectivity index (χ4v) is 5.72. The molecule has 0 aliphatic heterocycles. The number of methoxy groups -OCH3 is 1. The Morgan fingerprint density at radius 2 is 1.00 bits per heavy atom. The molecule has 0 bridgehead atoms. The molecule has 6 aromatic rings. The number of rotatable bonds is 13. The van der Waals surface area contributed by atoms with Crippen molar-refractivity contribution >= 4 is 56.2 Å². The van der Waals surface area contributed by atoms with Crippen LogP contribution in [0.15, 0.2) is 148 Å². The minimum absolute atomic E-state index is 0.429. The average Bonchev–Trinajstić information content (AvgIpc) is 3.14. The van der Waals surface area contributed by atoms with Crippen molar-refractivity contribution in [3.8, 4) is 28.7 Å². The molecule has 0 radical (unpaired) electrons. The van der Waals surface area contributed by atoms with E-state index in [2.05, 4.69) is 68.3 Å². The molecule has 0 N–H and O–H groups in total. The molecule has 0 fully saturated rings. The molecule has 0 unspecified atom stereocenters. The second-order valence-corrected chi connectivity index (χ2v) is 12.9. The number of hydrogen-bond donors (Lipinski definition) is 0. The first-order valence-electron chi connectivity index (χ1n) is 15.8. The van der Waals surface area contributed by atoms with Crippen LogP contribution in [0.1, 0.15) is 33.4 Å². The van der Waals surface area contributed by atoms with Crippen LogP contribution in [0.3, 0.4) is 0 Å². The van der Waals surface area contributed by atoms with E-state index >= 15 is 0 Å². The summed E-state index contributed by atoms with van der Waals surface area (Å²) in [5, 5.41) is 0. The molecule has 0 saturated heterocycles. The van der Waals surface area contributed by atoms with Crippen LogP contribution in [0, 0.1) is 0 Å². The van der Waals surface area contributed by atoms with Gasteiger partial charge < -0.3 is 18.9 Å². The standard InChI is InChI=1S/C43H34Br2O4/c1-46-38-21-23-40(44)35(27-38)17-12-31-14-19-37(20-15-31)49-43-26-32(16-25-42(43)48-30-34-10-6-3-7-11-34)13-18-36-28-39(22-24-41(36)45)47-29-33-8-4-2-5-9-33/h2-28H,29-30H2,1H3/b17-12+,18-13+. The highest BCUT2D eigenvalue weighted by Gasteiger charge is 2.10. The Bertz CT molecular complexity index is 2040. The van der Waals surface area contributed by atoms with Gasteiger partial charge in [-0.1, -0.05) is 135 Å². The van der Waals surface area contributed by atoms with E-state index in [1.165, 1.54) is 0 Å². The van der Waals surface area contributed by atoms with Gasteiger partial charge in [-0.05, 0) is 94.0 Å². The highest BCUT2D eigenvalue weighted by atomic mass is 79.9. The fourth-order valence-electron chi connectivity index (χ4n) is 4.97. The third kappa shape index (κ3) is 9.75. The Morgan fingerprint density at radius 3 is 1.63 bits per heavy atom. The Morgan fingerprint density at radius 1 is 0.469 bits per heavy atom. The maximum absolute atomic E-state index is 6.44. The largest absolute Gasteiger partial charge is 0.497 e. The van der Waals surface area contributed by atoms with Crippen LogP contribution in [-0.4, -0.2) is 7.11 Å². The van der Waals surface area contributed by atoms with Crippen molar-refractivity contribution in [1.82, 2.24) is 0 Å². The zero-order valence-corrected chi connectivity index (χ0v) is 30.1. The summed E-state index contributed by atoms with van der Waals surface area (Å²) < 4.78 is 26.1. The predicted octanol–water partition coefficient (Wildman–Crippen LogP) is 12.5. The van der Waals surface area contributed by atoms with E-state index in [1.54, 1.807) is 7.11 Å². The van der Waals surface area contributed by atoms with Gasteiger partial charge in [0.2, 0.25) is 0 Å². The summed E-state index contributed by atoms with van der Waals surface area (Å²) in [7, 11) is 1.67. The van der Waals surface area contributed by atoms with Crippen molar-refractivity contribution in [3.05, 3.63) is 182 Å². The molecule has 0 spiro atoms. The quantitative estimate of drug-likeness (QED) is 0.110. The van der Waals surface area contributed by atoms with Crippen molar-refractivity contribution in [1.29, 1.82) is 0 Å². The van der Waals surface area contributed by atoms with E-state index in [-0.39, 0.29) is 0 Å². The van der Waals surface area contributed by atoms with Crippen molar-refractivity contribution in [2.75, 3.05) is 7.11 Å². The summed E-state index contributed by atoms with van der Waals surface area (Å²) >= 11 is 7.30. The molecule has 0 aliphatic carbocycles. The first-order valence-corrected chi connectivity index (χ1v) is 17.4. The maximum Gasteiger partial charge on any atom is 0.169 e. The van der Waals surface area contributed by atoms with Crippen LogP contribution in [0.25, 0.3) is 24.3 Å². The van der Waals surface area contributed by atoms with Gasteiger partial charge in [0.25, 0.3) is 0 Å². The van der Waals surface area contributed by atoms with Gasteiger partial charge in [0, 0.05) is 8.95 Å². The van der Waals surface area contributed by atoms with Crippen LogP contribution < -0.4 is 18.9 Å². The van der Waals surface area contributed by atoms with Gasteiger partial charge in [-0.25, -0.2) is 0 Å². The van der Waals surface area contributed by atoms with Crippen LogP contribution in [0.4, 0.5) is 0 Å². The van der Waals surface area contributed by atoms with Crippen molar-refractivity contribution in [2.45, 2.75) is 13.2 Å². The SMILES string of the molecule is COc1ccc(Br)c(/C=C/c2ccc(Oc3cc(/C=C/c4cc(OCc5ccccc5)ccc4Br)ccc3OCc3ccccc3)cc2)c1. The predicted molar refractivity (Wildman–Crippen MR) is 207 cm³/mol. The monoisotopic (exact) mass is 772 g/mol. The van der Waals surface area contributed by atoms with Crippen molar-refractivity contribution < 1.29 is 18.9 Å². The molecule has 0 atom stereocenters. The summed E-state index contributed by atoms with van der Waals surface area (Å²) in [4.78, 5) is 0. The van der Waals surface area contributed by atoms with Crippen molar-refractivity contribution in [2.24, 2.45) is 0 Å². The maximum atomic E-state index is 6.44. The lowest BCUT2D eigenvalue weighted by Gasteiger charge is -2.14. The van der Waals surface area contributed by atoms with Crippen LogP contribution in [-0.2, 0) is 13.2 Å². The van der Waals surface area contributed by atoms with E-state index in [0.717, 1.165) is 53.8 Å². The lowest BCUT2D eigenvalue weighted by Crippen LogP contribution is -1.97. The molecular weight excluding hydrogens is 740 g/mol. The Kier molecular flexibility index (Phi) is 11.7. The van der Waals surface area contributed by atoms with E-state index in [0.29, 0.717) is 30.5 Å². The molecule has 6 rings (SSSR count). The van der Waals surface area contributed by atoms with Gasteiger partial charge in [0.15, 0.2) is 11.5 Å². The third-order valence-electron chi connectivity index (χ3n) is 7.64. The molecule has 244 valence electrons. The summed E-state index contributed by atoms with van der Waals surface area (Å²) in [6.45, 7) is 0.937. The smallest absolute Gasteiger partial charge is 0.169 e.